The second-order valence-corrected chi connectivity index (χ2v) is 4.25. The van der Waals surface area contributed by atoms with Crippen molar-refractivity contribution in [2.45, 2.75) is 33.6 Å². The van der Waals surface area contributed by atoms with Crippen LogP contribution in [-0.4, -0.2) is 4.98 Å². The van der Waals surface area contributed by atoms with Gasteiger partial charge in [-0.1, -0.05) is 20.8 Å². The van der Waals surface area contributed by atoms with E-state index in [1.54, 1.807) is 11.3 Å². The largest absolute Gasteiger partial charge is 0.246 e. The highest BCUT2D eigenvalue weighted by molar-refractivity contribution is 7.09. The van der Waals surface area contributed by atoms with Crippen LogP contribution in [0.1, 0.15) is 37.4 Å². The molecule has 1 rings (SSSR count). The summed E-state index contributed by atoms with van der Waals surface area (Å²) in [5.41, 5.74) is 1.15. The summed E-state index contributed by atoms with van der Waals surface area (Å²) in [6, 6.07) is 0. The van der Waals surface area contributed by atoms with Gasteiger partial charge in [-0.3, -0.25) is 0 Å². The monoisotopic (exact) mass is 169 g/mol. The Bertz CT molecular complexity index is 227. The molecule has 1 heterocycles. The molecule has 0 fully saturated rings. The van der Waals surface area contributed by atoms with E-state index in [1.165, 1.54) is 5.01 Å². The van der Waals surface area contributed by atoms with E-state index < -0.39 is 0 Å². The Morgan fingerprint density at radius 2 is 2.00 bits per heavy atom. The first-order valence-electron chi connectivity index (χ1n) is 4.03. The van der Waals surface area contributed by atoms with Crippen LogP contribution in [0.25, 0.3) is 0 Å². The first-order valence-corrected chi connectivity index (χ1v) is 4.91. The molecule has 0 saturated heterocycles. The Kier molecular flexibility index (Phi) is 2.66. The van der Waals surface area contributed by atoms with Gasteiger partial charge < -0.3 is 0 Å². The molecule has 0 bridgehead atoms. The van der Waals surface area contributed by atoms with E-state index in [0.29, 0.717) is 11.8 Å². The van der Waals surface area contributed by atoms with Crippen LogP contribution in [0.15, 0.2) is 5.38 Å². The minimum Gasteiger partial charge on any atom is -0.246 e. The number of aryl methyl sites for hydroxylation is 1. The van der Waals surface area contributed by atoms with Crippen molar-refractivity contribution in [3.63, 3.8) is 0 Å². The first kappa shape index (κ1) is 8.72. The number of rotatable bonds is 2. The zero-order valence-corrected chi connectivity index (χ0v) is 8.40. The van der Waals surface area contributed by atoms with Crippen LogP contribution in [0.2, 0.25) is 0 Å². The smallest absolute Gasteiger partial charge is 0.0958 e. The molecule has 11 heavy (non-hydrogen) atoms. The molecule has 1 aromatic rings. The van der Waals surface area contributed by atoms with Crippen molar-refractivity contribution in [2.75, 3.05) is 0 Å². The lowest BCUT2D eigenvalue weighted by Crippen LogP contribution is -2.00. The summed E-state index contributed by atoms with van der Waals surface area (Å²) in [5.74, 6) is 1.30. The van der Waals surface area contributed by atoms with E-state index >= 15 is 0 Å². The standard InChI is InChI=1S/C9H15NS/c1-6(2)8(4)9-10-7(3)5-11-9/h5-6,8H,1-4H3. The maximum absolute atomic E-state index is 4.45. The third-order valence-corrected chi connectivity index (χ3v) is 3.19. The predicted molar refractivity (Wildman–Crippen MR) is 50.1 cm³/mol. The molecule has 1 atom stereocenters. The molecular formula is C9H15NS. The van der Waals surface area contributed by atoms with Crippen LogP contribution in [0, 0.1) is 12.8 Å². The Morgan fingerprint density at radius 1 is 1.36 bits per heavy atom. The van der Waals surface area contributed by atoms with Gasteiger partial charge in [0.05, 0.1) is 5.01 Å². The van der Waals surface area contributed by atoms with Crippen molar-refractivity contribution in [2.24, 2.45) is 5.92 Å². The number of hydrogen-bond donors (Lipinski definition) is 0. The Morgan fingerprint density at radius 3 is 2.36 bits per heavy atom. The maximum Gasteiger partial charge on any atom is 0.0958 e. The molecule has 0 radical (unpaired) electrons. The van der Waals surface area contributed by atoms with E-state index in [0.717, 1.165) is 5.69 Å². The van der Waals surface area contributed by atoms with Crippen molar-refractivity contribution in [3.8, 4) is 0 Å². The summed E-state index contributed by atoms with van der Waals surface area (Å²) in [6.07, 6.45) is 0. The average molecular weight is 169 g/mol. The Balaban J connectivity index is 2.76. The molecule has 0 aromatic carbocycles. The zero-order chi connectivity index (χ0) is 8.43. The number of aromatic nitrogens is 1. The van der Waals surface area contributed by atoms with Crippen LogP contribution in [0.4, 0.5) is 0 Å². The van der Waals surface area contributed by atoms with Crippen LogP contribution in [0.5, 0.6) is 0 Å². The topological polar surface area (TPSA) is 12.9 Å². The van der Waals surface area contributed by atoms with Crippen molar-refractivity contribution >= 4 is 11.3 Å². The van der Waals surface area contributed by atoms with Crippen molar-refractivity contribution in [1.29, 1.82) is 0 Å². The van der Waals surface area contributed by atoms with Gasteiger partial charge in [0, 0.05) is 17.0 Å². The second-order valence-electron chi connectivity index (χ2n) is 3.36. The highest BCUT2D eigenvalue weighted by atomic mass is 32.1. The van der Waals surface area contributed by atoms with E-state index in [4.69, 9.17) is 0 Å². The molecule has 2 heteroatoms. The van der Waals surface area contributed by atoms with Crippen molar-refractivity contribution in [1.82, 2.24) is 4.98 Å². The van der Waals surface area contributed by atoms with E-state index in [-0.39, 0.29) is 0 Å². The molecule has 1 nitrogen and oxygen atoms in total. The number of thiazole rings is 1. The van der Waals surface area contributed by atoms with E-state index in [1.807, 2.05) is 6.92 Å². The van der Waals surface area contributed by atoms with Gasteiger partial charge in [-0.15, -0.1) is 11.3 Å². The van der Waals surface area contributed by atoms with Crippen LogP contribution in [0.3, 0.4) is 0 Å². The summed E-state index contributed by atoms with van der Waals surface area (Å²) in [7, 11) is 0. The average Bonchev–Trinajstić information content (AvgIpc) is 2.34. The van der Waals surface area contributed by atoms with Gasteiger partial charge in [-0.25, -0.2) is 4.98 Å². The third kappa shape index (κ3) is 2.03. The second kappa shape index (κ2) is 3.35. The van der Waals surface area contributed by atoms with Gasteiger partial charge in [0.1, 0.15) is 0 Å². The fourth-order valence-electron chi connectivity index (χ4n) is 0.866. The maximum atomic E-state index is 4.45. The molecule has 0 aliphatic heterocycles. The zero-order valence-electron chi connectivity index (χ0n) is 7.59. The SMILES string of the molecule is Cc1csc(C(C)C(C)C)n1. The highest BCUT2D eigenvalue weighted by Gasteiger charge is 2.12. The molecule has 1 aromatic heterocycles. The number of nitrogens with zero attached hydrogens (tertiary/aromatic N) is 1. The molecule has 0 saturated carbocycles. The molecule has 0 spiro atoms. The molecule has 0 aliphatic rings. The van der Waals surface area contributed by atoms with Gasteiger partial charge in [-0.2, -0.15) is 0 Å². The highest BCUT2D eigenvalue weighted by Crippen LogP contribution is 2.25. The first-order chi connectivity index (χ1) is 5.11. The van der Waals surface area contributed by atoms with Gasteiger partial charge in [-0.05, 0) is 12.8 Å². The number of hydrogen-bond acceptors (Lipinski definition) is 2. The predicted octanol–water partition coefficient (Wildman–Crippen LogP) is 3.21. The molecule has 0 amide bonds. The third-order valence-electron chi connectivity index (χ3n) is 2.03. The fourth-order valence-corrected chi connectivity index (χ4v) is 1.89. The van der Waals surface area contributed by atoms with Crippen LogP contribution < -0.4 is 0 Å². The lowest BCUT2D eigenvalue weighted by molar-refractivity contribution is 0.532. The summed E-state index contributed by atoms with van der Waals surface area (Å²) >= 11 is 1.77. The molecule has 1 unspecified atom stereocenters. The Hall–Kier alpha value is -0.370. The minimum atomic E-state index is 0.605. The molecule has 0 aliphatic carbocycles. The van der Waals surface area contributed by atoms with Crippen LogP contribution in [-0.2, 0) is 0 Å². The molecule has 0 N–H and O–H groups in total. The normalized spacial score (nSPS) is 13.9. The lowest BCUT2D eigenvalue weighted by atomic mass is 9.99. The summed E-state index contributed by atoms with van der Waals surface area (Å²) < 4.78 is 0. The summed E-state index contributed by atoms with van der Waals surface area (Å²) in [6.45, 7) is 8.76. The van der Waals surface area contributed by atoms with Crippen molar-refractivity contribution in [3.05, 3.63) is 16.1 Å². The quantitative estimate of drug-likeness (QED) is 0.662. The fraction of sp³-hybridized carbons (Fsp3) is 0.667. The van der Waals surface area contributed by atoms with E-state index in [9.17, 15) is 0 Å². The van der Waals surface area contributed by atoms with Gasteiger partial charge in [0.15, 0.2) is 0 Å². The van der Waals surface area contributed by atoms with Crippen LogP contribution >= 0.6 is 11.3 Å². The van der Waals surface area contributed by atoms with Crippen molar-refractivity contribution < 1.29 is 0 Å². The van der Waals surface area contributed by atoms with Gasteiger partial charge >= 0.3 is 0 Å². The lowest BCUT2D eigenvalue weighted by Gasteiger charge is -2.11. The summed E-state index contributed by atoms with van der Waals surface area (Å²) in [5, 5.41) is 3.39. The van der Waals surface area contributed by atoms with Gasteiger partial charge in [0.25, 0.3) is 0 Å². The Labute approximate surface area is 72.5 Å². The van der Waals surface area contributed by atoms with Gasteiger partial charge in [0.2, 0.25) is 0 Å². The molecular weight excluding hydrogens is 154 g/mol. The summed E-state index contributed by atoms with van der Waals surface area (Å²) in [4.78, 5) is 4.45. The minimum absolute atomic E-state index is 0.605. The molecule has 62 valence electrons. The van der Waals surface area contributed by atoms with E-state index in [2.05, 4.69) is 31.1 Å².